The first-order valence-corrected chi connectivity index (χ1v) is 7.07. The van der Waals surface area contributed by atoms with Crippen molar-refractivity contribution in [1.29, 1.82) is 0 Å². The van der Waals surface area contributed by atoms with Crippen LogP contribution in [0, 0.1) is 11.8 Å². The maximum absolute atomic E-state index is 12.0. The van der Waals surface area contributed by atoms with Crippen LogP contribution in [0.25, 0.3) is 0 Å². The fourth-order valence-electron chi connectivity index (χ4n) is 1.95. The van der Waals surface area contributed by atoms with Crippen molar-refractivity contribution in [1.82, 2.24) is 5.32 Å². The zero-order valence-electron chi connectivity index (χ0n) is 12.6. The Balaban J connectivity index is 2.28. The van der Waals surface area contributed by atoms with Crippen LogP contribution in [-0.4, -0.2) is 18.2 Å². The molecule has 1 amide bonds. The fourth-order valence-corrected chi connectivity index (χ4v) is 1.95. The molecule has 22 heavy (non-hydrogen) atoms. The lowest BCUT2D eigenvalue weighted by Gasteiger charge is -2.09. The Hall–Kier alpha value is -2.86. The number of hydrogen-bond acceptors (Lipinski definition) is 2. The molecule has 0 aliphatic rings. The van der Waals surface area contributed by atoms with Crippen LogP contribution in [0.3, 0.4) is 0 Å². The molecule has 0 aliphatic carbocycles. The van der Waals surface area contributed by atoms with E-state index in [0.717, 1.165) is 5.56 Å². The fraction of sp³-hybridized carbons (Fsp3) is 0.158. The standard InChI is InChI=1S/C19H17NO2/c1-14(2)20-19(22)18-11-10-16(12-17(18)13-21)9-8-15-6-4-3-5-7-15/h3-7,10-14H,1-2H3,(H,20,22). The lowest BCUT2D eigenvalue weighted by atomic mass is 10.0. The Morgan fingerprint density at radius 1 is 1.05 bits per heavy atom. The third kappa shape index (κ3) is 4.07. The molecule has 0 spiro atoms. The quantitative estimate of drug-likeness (QED) is 0.698. The number of aldehydes is 1. The summed E-state index contributed by atoms with van der Waals surface area (Å²) in [4.78, 5) is 23.2. The first-order valence-electron chi connectivity index (χ1n) is 7.07. The van der Waals surface area contributed by atoms with Crippen molar-refractivity contribution in [2.75, 3.05) is 0 Å². The molecule has 0 heterocycles. The van der Waals surface area contributed by atoms with Gasteiger partial charge in [0.2, 0.25) is 0 Å². The van der Waals surface area contributed by atoms with Gasteiger partial charge in [0, 0.05) is 28.3 Å². The summed E-state index contributed by atoms with van der Waals surface area (Å²) in [6.07, 6.45) is 0.683. The van der Waals surface area contributed by atoms with Crippen molar-refractivity contribution >= 4 is 12.2 Å². The lowest BCUT2D eigenvalue weighted by molar-refractivity contribution is 0.0938. The van der Waals surface area contributed by atoms with E-state index in [1.807, 2.05) is 44.2 Å². The molecule has 0 aromatic heterocycles. The molecule has 0 saturated carbocycles. The molecule has 0 fully saturated rings. The Labute approximate surface area is 130 Å². The molecule has 0 bridgehead atoms. The second kappa shape index (κ2) is 7.24. The number of carbonyl (C=O) groups excluding carboxylic acids is 2. The molecule has 3 heteroatoms. The summed E-state index contributed by atoms with van der Waals surface area (Å²) in [5.74, 6) is 5.78. The Kier molecular flexibility index (Phi) is 5.11. The molecular weight excluding hydrogens is 274 g/mol. The molecule has 1 N–H and O–H groups in total. The minimum atomic E-state index is -0.250. The van der Waals surface area contributed by atoms with Gasteiger partial charge in [-0.1, -0.05) is 30.0 Å². The maximum atomic E-state index is 12.0. The van der Waals surface area contributed by atoms with Crippen LogP contribution < -0.4 is 5.32 Å². The molecule has 0 radical (unpaired) electrons. The van der Waals surface area contributed by atoms with E-state index in [0.29, 0.717) is 23.0 Å². The second-order valence-electron chi connectivity index (χ2n) is 5.16. The van der Waals surface area contributed by atoms with Crippen LogP contribution in [-0.2, 0) is 0 Å². The summed E-state index contributed by atoms with van der Waals surface area (Å²) in [5.41, 5.74) is 2.32. The largest absolute Gasteiger partial charge is 0.350 e. The molecule has 0 atom stereocenters. The Morgan fingerprint density at radius 2 is 1.73 bits per heavy atom. The highest BCUT2D eigenvalue weighted by Gasteiger charge is 2.12. The highest BCUT2D eigenvalue weighted by Crippen LogP contribution is 2.10. The van der Waals surface area contributed by atoms with E-state index in [1.54, 1.807) is 18.2 Å². The van der Waals surface area contributed by atoms with Crippen LogP contribution >= 0.6 is 0 Å². The van der Waals surface area contributed by atoms with Crippen LogP contribution in [0.2, 0.25) is 0 Å². The zero-order chi connectivity index (χ0) is 15.9. The third-order valence-electron chi connectivity index (χ3n) is 2.97. The zero-order valence-corrected chi connectivity index (χ0v) is 12.6. The van der Waals surface area contributed by atoms with E-state index < -0.39 is 0 Å². The normalized spacial score (nSPS) is 9.77. The van der Waals surface area contributed by atoms with Gasteiger partial charge in [0.15, 0.2) is 6.29 Å². The molecule has 2 aromatic rings. The first kappa shape index (κ1) is 15.5. The van der Waals surface area contributed by atoms with Gasteiger partial charge in [-0.25, -0.2) is 0 Å². The van der Waals surface area contributed by atoms with Crippen LogP contribution in [0.4, 0.5) is 0 Å². The summed E-state index contributed by atoms with van der Waals surface area (Å²) < 4.78 is 0. The number of hydrogen-bond donors (Lipinski definition) is 1. The van der Waals surface area contributed by atoms with E-state index in [2.05, 4.69) is 17.2 Å². The maximum Gasteiger partial charge on any atom is 0.252 e. The molecule has 2 rings (SSSR count). The highest BCUT2D eigenvalue weighted by atomic mass is 16.1. The lowest BCUT2D eigenvalue weighted by Crippen LogP contribution is -2.30. The van der Waals surface area contributed by atoms with Gasteiger partial charge in [0.05, 0.1) is 0 Å². The summed E-state index contributed by atoms with van der Waals surface area (Å²) in [5, 5.41) is 2.78. The van der Waals surface area contributed by atoms with Gasteiger partial charge in [-0.15, -0.1) is 0 Å². The van der Waals surface area contributed by atoms with Crippen molar-refractivity contribution < 1.29 is 9.59 Å². The average Bonchev–Trinajstić information content (AvgIpc) is 2.53. The number of benzene rings is 2. The van der Waals surface area contributed by atoms with Gasteiger partial charge in [-0.05, 0) is 44.2 Å². The number of amides is 1. The van der Waals surface area contributed by atoms with Crippen LogP contribution in [0.1, 0.15) is 45.7 Å². The summed E-state index contributed by atoms with van der Waals surface area (Å²) in [7, 11) is 0. The number of nitrogens with one attached hydrogen (secondary N) is 1. The first-order chi connectivity index (χ1) is 10.6. The predicted molar refractivity (Wildman–Crippen MR) is 86.9 cm³/mol. The van der Waals surface area contributed by atoms with Crippen LogP contribution in [0.5, 0.6) is 0 Å². The van der Waals surface area contributed by atoms with Gasteiger partial charge in [0.25, 0.3) is 5.91 Å². The van der Waals surface area contributed by atoms with E-state index in [9.17, 15) is 9.59 Å². The predicted octanol–water partition coefficient (Wildman–Crippen LogP) is 3.04. The Morgan fingerprint density at radius 3 is 2.36 bits per heavy atom. The van der Waals surface area contributed by atoms with Gasteiger partial charge in [-0.3, -0.25) is 9.59 Å². The summed E-state index contributed by atoms with van der Waals surface area (Å²) in [6.45, 7) is 3.75. The van der Waals surface area contributed by atoms with Gasteiger partial charge in [0.1, 0.15) is 0 Å². The molecule has 0 unspecified atom stereocenters. The molecular formula is C19H17NO2. The monoisotopic (exact) mass is 291 g/mol. The van der Waals surface area contributed by atoms with Crippen molar-refractivity contribution in [3.05, 3.63) is 70.8 Å². The van der Waals surface area contributed by atoms with Gasteiger partial charge in [-0.2, -0.15) is 0 Å². The average molecular weight is 291 g/mol. The molecule has 110 valence electrons. The number of rotatable bonds is 3. The smallest absolute Gasteiger partial charge is 0.252 e. The molecule has 2 aromatic carbocycles. The van der Waals surface area contributed by atoms with Crippen molar-refractivity contribution in [2.45, 2.75) is 19.9 Å². The Bertz CT molecular complexity index is 737. The topological polar surface area (TPSA) is 46.2 Å². The van der Waals surface area contributed by atoms with E-state index >= 15 is 0 Å². The second-order valence-corrected chi connectivity index (χ2v) is 5.16. The van der Waals surface area contributed by atoms with Crippen LogP contribution in [0.15, 0.2) is 48.5 Å². The minimum Gasteiger partial charge on any atom is -0.350 e. The molecule has 3 nitrogen and oxygen atoms in total. The highest BCUT2D eigenvalue weighted by molar-refractivity contribution is 6.01. The van der Waals surface area contributed by atoms with Crippen molar-refractivity contribution in [3.8, 4) is 11.8 Å². The minimum absolute atomic E-state index is 0.0181. The van der Waals surface area contributed by atoms with Crippen molar-refractivity contribution in [3.63, 3.8) is 0 Å². The number of carbonyl (C=O) groups is 2. The summed E-state index contributed by atoms with van der Waals surface area (Å²) in [6, 6.07) is 14.6. The summed E-state index contributed by atoms with van der Waals surface area (Å²) >= 11 is 0. The third-order valence-corrected chi connectivity index (χ3v) is 2.97. The van der Waals surface area contributed by atoms with Crippen molar-refractivity contribution in [2.24, 2.45) is 0 Å². The van der Waals surface area contributed by atoms with E-state index in [1.165, 1.54) is 0 Å². The van der Waals surface area contributed by atoms with Gasteiger partial charge >= 0.3 is 0 Å². The SMILES string of the molecule is CC(C)NC(=O)c1ccc(C#Cc2ccccc2)cc1C=O. The molecule has 0 saturated heterocycles. The van der Waals surface area contributed by atoms with Gasteiger partial charge < -0.3 is 5.32 Å². The van der Waals surface area contributed by atoms with E-state index in [-0.39, 0.29) is 11.9 Å². The molecule has 0 aliphatic heterocycles. The van der Waals surface area contributed by atoms with E-state index in [4.69, 9.17) is 0 Å².